The van der Waals surface area contributed by atoms with Crippen LogP contribution in [0.25, 0.3) is 10.8 Å². The molecule has 8 heteroatoms. The Kier molecular flexibility index (Phi) is 4.19. The molecule has 4 rings (SSSR count). The van der Waals surface area contributed by atoms with E-state index in [-0.39, 0.29) is 17.2 Å². The van der Waals surface area contributed by atoms with Crippen molar-refractivity contribution < 1.29 is 13.2 Å². The largest absolute Gasteiger partial charge is 0.328 e. The molecule has 0 saturated carbocycles. The molecule has 27 heavy (non-hydrogen) atoms. The van der Waals surface area contributed by atoms with E-state index >= 15 is 0 Å². The molecule has 1 amide bonds. The van der Waals surface area contributed by atoms with E-state index in [4.69, 9.17) is 0 Å². The molecule has 2 N–H and O–H groups in total. The maximum Gasteiger partial charge on any atom is 0.257 e. The molecule has 138 valence electrons. The molecule has 3 aromatic rings. The summed E-state index contributed by atoms with van der Waals surface area (Å²) < 4.78 is 25.4. The van der Waals surface area contributed by atoms with Crippen LogP contribution < -0.4 is 15.2 Å². The first kappa shape index (κ1) is 17.3. The molecule has 0 bridgehead atoms. The number of fused-ring (bicyclic) bond motifs is 1. The first-order valence-corrected chi connectivity index (χ1v) is 10.1. The predicted molar refractivity (Wildman–Crippen MR) is 105 cm³/mol. The van der Waals surface area contributed by atoms with Gasteiger partial charge in [-0.1, -0.05) is 18.2 Å². The van der Waals surface area contributed by atoms with Crippen LogP contribution in [0.1, 0.15) is 16.8 Å². The Bertz CT molecular complexity index is 1180. The number of hydrogen-bond acceptors (Lipinski definition) is 4. The van der Waals surface area contributed by atoms with Crippen LogP contribution in [-0.2, 0) is 10.0 Å². The van der Waals surface area contributed by atoms with Crippen LogP contribution >= 0.6 is 0 Å². The number of nitrogens with one attached hydrogen (secondary N) is 2. The van der Waals surface area contributed by atoms with E-state index in [9.17, 15) is 18.0 Å². The van der Waals surface area contributed by atoms with Gasteiger partial charge in [0.2, 0.25) is 10.0 Å². The number of amides is 1. The number of H-pyrrole nitrogens is 1. The third-order valence-corrected chi connectivity index (χ3v) is 6.44. The van der Waals surface area contributed by atoms with E-state index < -0.39 is 10.0 Å². The second kappa shape index (κ2) is 6.55. The van der Waals surface area contributed by atoms with Crippen molar-refractivity contribution in [1.29, 1.82) is 0 Å². The molecule has 2 heterocycles. The fourth-order valence-corrected chi connectivity index (χ4v) is 4.80. The number of hydrogen-bond donors (Lipinski definition) is 2. The summed E-state index contributed by atoms with van der Waals surface area (Å²) in [6.07, 6.45) is 2.01. The second-order valence-electron chi connectivity index (χ2n) is 6.32. The normalized spacial score (nSPS) is 15.8. The zero-order chi connectivity index (χ0) is 19.0. The molecular weight excluding hydrogens is 366 g/mol. The molecule has 1 aliphatic heterocycles. The fraction of sp³-hybridized carbons (Fsp3) is 0.158. The number of carbonyl (C=O) groups excluding carboxylic acids is 1. The van der Waals surface area contributed by atoms with Gasteiger partial charge >= 0.3 is 0 Å². The summed E-state index contributed by atoms with van der Waals surface area (Å²) in [5.41, 5.74) is 1.23. The molecule has 1 aromatic heterocycles. The molecule has 1 aliphatic rings. The molecule has 1 fully saturated rings. The zero-order valence-electron chi connectivity index (χ0n) is 14.3. The van der Waals surface area contributed by atoms with Crippen molar-refractivity contribution in [2.45, 2.75) is 6.42 Å². The number of aromatic nitrogens is 1. The van der Waals surface area contributed by atoms with Gasteiger partial charge in [0, 0.05) is 29.2 Å². The molecule has 7 nitrogen and oxygen atoms in total. The van der Waals surface area contributed by atoms with Crippen LogP contribution in [0.3, 0.4) is 0 Å². The fourth-order valence-electron chi connectivity index (χ4n) is 3.24. The molecule has 0 radical (unpaired) electrons. The highest BCUT2D eigenvalue weighted by molar-refractivity contribution is 7.93. The average Bonchev–Trinajstić information content (AvgIpc) is 3.02. The van der Waals surface area contributed by atoms with E-state index in [1.165, 1.54) is 10.5 Å². The van der Waals surface area contributed by atoms with Gasteiger partial charge in [-0.2, -0.15) is 0 Å². The lowest BCUT2D eigenvalue weighted by atomic mass is 10.1. The summed E-state index contributed by atoms with van der Waals surface area (Å²) in [7, 11) is -3.24. The molecule has 0 spiro atoms. The second-order valence-corrected chi connectivity index (χ2v) is 8.33. The summed E-state index contributed by atoms with van der Waals surface area (Å²) in [6.45, 7) is 0.470. The first-order valence-electron chi connectivity index (χ1n) is 8.48. The standard InChI is InChI=1S/C19H17N3O4S/c23-18-16-5-2-1-4-15(16)17(12-20-18)19(24)21-13-6-8-14(9-7-13)22-10-3-11-27(22,25)26/h1-2,4-9,12H,3,10-11H2,(H,20,23)(H,21,24). The van der Waals surface area contributed by atoms with Gasteiger partial charge in [0.15, 0.2) is 0 Å². The van der Waals surface area contributed by atoms with Crippen molar-refractivity contribution in [2.75, 3.05) is 21.9 Å². The minimum Gasteiger partial charge on any atom is -0.328 e. The van der Waals surface area contributed by atoms with Gasteiger partial charge in [0.05, 0.1) is 17.0 Å². The molecule has 0 unspecified atom stereocenters. The number of aromatic amines is 1. The molecule has 1 saturated heterocycles. The van der Waals surface area contributed by atoms with Crippen LogP contribution in [0.2, 0.25) is 0 Å². The molecular formula is C19H17N3O4S. The smallest absolute Gasteiger partial charge is 0.257 e. The van der Waals surface area contributed by atoms with E-state index in [0.29, 0.717) is 40.7 Å². The third-order valence-electron chi connectivity index (χ3n) is 4.57. The van der Waals surface area contributed by atoms with E-state index in [1.807, 2.05) is 0 Å². The van der Waals surface area contributed by atoms with Gasteiger partial charge in [-0.3, -0.25) is 13.9 Å². The average molecular weight is 383 g/mol. The number of carbonyl (C=O) groups is 1. The van der Waals surface area contributed by atoms with Gasteiger partial charge in [0.1, 0.15) is 0 Å². The minimum atomic E-state index is -3.24. The number of sulfonamides is 1. The number of rotatable bonds is 3. The Hall–Kier alpha value is -3.13. The van der Waals surface area contributed by atoms with Gasteiger partial charge < -0.3 is 10.3 Å². The van der Waals surface area contributed by atoms with Crippen LogP contribution in [0.15, 0.2) is 59.5 Å². The summed E-state index contributed by atoms with van der Waals surface area (Å²) in [5.74, 6) is -0.200. The highest BCUT2D eigenvalue weighted by Gasteiger charge is 2.28. The number of nitrogens with zero attached hydrogens (tertiary/aromatic N) is 1. The molecule has 2 aromatic carbocycles. The summed E-state index contributed by atoms with van der Waals surface area (Å²) in [5, 5.41) is 3.79. The Morgan fingerprint density at radius 1 is 1.04 bits per heavy atom. The maximum absolute atomic E-state index is 12.6. The SMILES string of the molecule is O=C(Nc1ccc(N2CCCS2(=O)=O)cc1)c1c[nH]c(=O)c2ccccc12. The lowest BCUT2D eigenvalue weighted by molar-refractivity contribution is 0.102. The topological polar surface area (TPSA) is 99.3 Å². The Morgan fingerprint density at radius 3 is 2.41 bits per heavy atom. The molecule has 0 atom stereocenters. The van der Waals surface area contributed by atoms with Crippen molar-refractivity contribution in [2.24, 2.45) is 0 Å². The van der Waals surface area contributed by atoms with Crippen molar-refractivity contribution in [1.82, 2.24) is 4.98 Å². The summed E-state index contributed by atoms with van der Waals surface area (Å²) >= 11 is 0. The van der Waals surface area contributed by atoms with Gasteiger partial charge in [-0.05, 0) is 36.8 Å². The third kappa shape index (κ3) is 3.19. The quantitative estimate of drug-likeness (QED) is 0.725. The first-order chi connectivity index (χ1) is 13.0. The Labute approximate surface area is 155 Å². The lowest BCUT2D eigenvalue weighted by Crippen LogP contribution is -2.25. The van der Waals surface area contributed by atoms with Crippen LogP contribution in [0.5, 0.6) is 0 Å². The lowest BCUT2D eigenvalue weighted by Gasteiger charge is -2.17. The van der Waals surface area contributed by atoms with E-state index in [1.54, 1.807) is 48.5 Å². The van der Waals surface area contributed by atoms with Crippen molar-refractivity contribution in [3.05, 3.63) is 70.6 Å². The van der Waals surface area contributed by atoms with Gasteiger partial charge in [0.25, 0.3) is 11.5 Å². The van der Waals surface area contributed by atoms with E-state index in [2.05, 4.69) is 10.3 Å². The predicted octanol–water partition coefficient (Wildman–Crippen LogP) is 2.32. The Balaban J connectivity index is 1.59. The van der Waals surface area contributed by atoms with E-state index in [0.717, 1.165) is 0 Å². The van der Waals surface area contributed by atoms with Gasteiger partial charge in [-0.25, -0.2) is 8.42 Å². The number of anilines is 2. The Morgan fingerprint density at radius 2 is 1.74 bits per heavy atom. The maximum atomic E-state index is 12.6. The number of pyridine rings is 1. The number of benzene rings is 2. The van der Waals surface area contributed by atoms with Crippen molar-refractivity contribution in [3.8, 4) is 0 Å². The van der Waals surface area contributed by atoms with Crippen molar-refractivity contribution >= 4 is 38.1 Å². The van der Waals surface area contributed by atoms with Crippen LogP contribution in [0.4, 0.5) is 11.4 Å². The van der Waals surface area contributed by atoms with Crippen LogP contribution in [0, 0.1) is 0 Å². The molecule has 0 aliphatic carbocycles. The highest BCUT2D eigenvalue weighted by atomic mass is 32.2. The minimum absolute atomic E-state index is 0.158. The highest BCUT2D eigenvalue weighted by Crippen LogP contribution is 2.25. The summed E-state index contributed by atoms with van der Waals surface area (Å²) in [6, 6.07) is 13.6. The summed E-state index contributed by atoms with van der Waals surface area (Å²) in [4.78, 5) is 27.1. The van der Waals surface area contributed by atoms with Crippen molar-refractivity contribution in [3.63, 3.8) is 0 Å². The monoisotopic (exact) mass is 383 g/mol. The van der Waals surface area contributed by atoms with Gasteiger partial charge in [-0.15, -0.1) is 0 Å². The van der Waals surface area contributed by atoms with Crippen LogP contribution in [-0.4, -0.2) is 31.6 Å². The zero-order valence-corrected chi connectivity index (χ0v) is 15.1.